The summed E-state index contributed by atoms with van der Waals surface area (Å²) in [6.07, 6.45) is 5.65. The Kier molecular flexibility index (Phi) is 5.86. The van der Waals surface area contributed by atoms with Crippen LogP contribution in [0.5, 0.6) is 0 Å². The normalized spacial score (nSPS) is 18.0. The van der Waals surface area contributed by atoms with Crippen LogP contribution in [0.4, 0.5) is 0 Å². The van der Waals surface area contributed by atoms with Gasteiger partial charge in [0.15, 0.2) is 11.0 Å². The molecule has 0 aliphatic carbocycles. The highest BCUT2D eigenvalue weighted by Gasteiger charge is 2.19. The molecule has 3 rings (SSSR count). The zero-order valence-electron chi connectivity index (χ0n) is 14.3. The summed E-state index contributed by atoms with van der Waals surface area (Å²) in [4.78, 5) is 6.49. The molecule has 1 aliphatic heterocycles. The van der Waals surface area contributed by atoms with Gasteiger partial charge in [0, 0.05) is 37.3 Å². The maximum atomic E-state index is 10.3. The fraction of sp³-hybridized carbons (Fsp3) is 0.588. The number of hydrogen-bond donors (Lipinski definition) is 1. The molecule has 1 unspecified atom stereocenters. The summed E-state index contributed by atoms with van der Waals surface area (Å²) in [5.41, 5.74) is 0.947. The number of rotatable bonds is 6. The van der Waals surface area contributed by atoms with Crippen molar-refractivity contribution in [3.8, 4) is 11.4 Å². The lowest BCUT2D eigenvalue weighted by Crippen LogP contribution is -2.39. The molecule has 6 nitrogen and oxygen atoms in total. The van der Waals surface area contributed by atoms with Gasteiger partial charge in [-0.2, -0.15) is 0 Å². The number of β-amino-alcohol motifs (C(OH)–C–C–N with tert-alkyl or cyclic N) is 1. The fourth-order valence-electron chi connectivity index (χ4n) is 2.95. The third kappa shape index (κ3) is 4.34. The summed E-state index contributed by atoms with van der Waals surface area (Å²) in [7, 11) is 1.95. The monoisotopic (exact) mass is 347 g/mol. The van der Waals surface area contributed by atoms with Gasteiger partial charge in [-0.05, 0) is 44.0 Å². The second kappa shape index (κ2) is 8.09. The Labute approximate surface area is 147 Å². The number of likely N-dealkylation sites (tertiary alicyclic amines) is 1. The Hall–Kier alpha value is -1.44. The maximum absolute atomic E-state index is 10.3. The SMILES string of the molecule is CC1CCN(CC(O)CSc2nnc(-c3cccnc3)n2C)CC1. The van der Waals surface area contributed by atoms with E-state index in [4.69, 9.17) is 0 Å². The molecular weight excluding hydrogens is 322 g/mol. The quantitative estimate of drug-likeness (QED) is 0.807. The first-order valence-electron chi connectivity index (χ1n) is 8.46. The van der Waals surface area contributed by atoms with Crippen molar-refractivity contribution in [3.63, 3.8) is 0 Å². The minimum atomic E-state index is -0.345. The van der Waals surface area contributed by atoms with Crippen LogP contribution < -0.4 is 0 Å². The van der Waals surface area contributed by atoms with E-state index < -0.39 is 0 Å². The van der Waals surface area contributed by atoms with Crippen LogP contribution in [0.1, 0.15) is 19.8 Å². The number of thioether (sulfide) groups is 1. The molecule has 1 N–H and O–H groups in total. The number of pyridine rings is 1. The number of piperidine rings is 1. The predicted molar refractivity (Wildman–Crippen MR) is 95.8 cm³/mol. The van der Waals surface area contributed by atoms with E-state index in [1.54, 1.807) is 24.2 Å². The van der Waals surface area contributed by atoms with Crippen LogP contribution in [0.25, 0.3) is 11.4 Å². The second-order valence-corrected chi connectivity index (χ2v) is 7.54. The largest absolute Gasteiger partial charge is 0.391 e. The number of nitrogens with zero attached hydrogens (tertiary/aromatic N) is 5. The molecule has 24 heavy (non-hydrogen) atoms. The molecule has 1 fully saturated rings. The molecule has 0 spiro atoms. The Bertz CT molecular complexity index is 640. The van der Waals surface area contributed by atoms with Crippen LogP contribution in [0.2, 0.25) is 0 Å². The van der Waals surface area contributed by atoms with Gasteiger partial charge in [0.2, 0.25) is 0 Å². The molecule has 1 aliphatic rings. The molecule has 0 radical (unpaired) electrons. The highest BCUT2D eigenvalue weighted by Crippen LogP contribution is 2.23. The van der Waals surface area contributed by atoms with Gasteiger partial charge in [-0.25, -0.2) is 0 Å². The Morgan fingerprint density at radius 2 is 2.12 bits per heavy atom. The number of aliphatic hydroxyl groups excluding tert-OH is 1. The van der Waals surface area contributed by atoms with E-state index in [-0.39, 0.29) is 6.10 Å². The molecule has 2 aromatic heterocycles. The minimum absolute atomic E-state index is 0.345. The van der Waals surface area contributed by atoms with Gasteiger partial charge < -0.3 is 14.6 Å². The van der Waals surface area contributed by atoms with E-state index >= 15 is 0 Å². The van der Waals surface area contributed by atoms with E-state index in [0.29, 0.717) is 5.75 Å². The topological polar surface area (TPSA) is 67.1 Å². The highest BCUT2D eigenvalue weighted by atomic mass is 32.2. The van der Waals surface area contributed by atoms with E-state index in [1.165, 1.54) is 12.8 Å². The minimum Gasteiger partial charge on any atom is -0.391 e. The Morgan fingerprint density at radius 1 is 1.33 bits per heavy atom. The summed E-state index contributed by atoms with van der Waals surface area (Å²) in [5, 5.41) is 19.6. The van der Waals surface area contributed by atoms with Gasteiger partial charge in [-0.1, -0.05) is 18.7 Å². The molecule has 2 aromatic rings. The number of aromatic nitrogens is 4. The van der Waals surface area contributed by atoms with Gasteiger partial charge >= 0.3 is 0 Å². The maximum Gasteiger partial charge on any atom is 0.191 e. The zero-order valence-corrected chi connectivity index (χ0v) is 15.1. The smallest absolute Gasteiger partial charge is 0.191 e. The van der Waals surface area contributed by atoms with E-state index in [1.807, 2.05) is 23.7 Å². The summed E-state index contributed by atoms with van der Waals surface area (Å²) in [5.74, 6) is 2.24. The molecule has 130 valence electrons. The first kappa shape index (κ1) is 17.4. The van der Waals surface area contributed by atoms with Crippen LogP contribution >= 0.6 is 11.8 Å². The molecule has 1 saturated heterocycles. The summed E-state index contributed by atoms with van der Waals surface area (Å²) in [6.45, 7) is 5.24. The van der Waals surface area contributed by atoms with Gasteiger partial charge in [0.05, 0.1) is 6.10 Å². The molecule has 1 atom stereocenters. The molecule has 0 saturated carbocycles. The van der Waals surface area contributed by atoms with Crippen molar-refractivity contribution in [2.75, 3.05) is 25.4 Å². The van der Waals surface area contributed by atoms with Crippen molar-refractivity contribution >= 4 is 11.8 Å². The molecule has 0 bridgehead atoms. The molecular formula is C17H25N5OS. The lowest BCUT2D eigenvalue weighted by molar-refractivity contribution is 0.105. The van der Waals surface area contributed by atoms with E-state index in [0.717, 1.165) is 42.1 Å². The summed E-state index contributed by atoms with van der Waals surface area (Å²) < 4.78 is 1.96. The number of hydrogen-bond acceptors (Lipinski definition) is 6. The molecule has 0 aromatic carbocycles. The van der Waals surface area contributed by atoms with E-state index in [2.05, 4.69) is 27.0 Å². The zero-order chi connectivity index (χ0) is 16.9. The second-order valence-electron chi connectivity index (χ2n) is 6.55. The van der Waals surface area contributed by atoms with Crippen LogP contribution in [0.15, 0.2) is 29.7 Å². The third-order valence-corrected chi connectivity index (χ3v) is 5.67. The van der Waals surface area contributed by atoms with Gasteiger partial charge in [0.1, 0.15) is 0 Å². The average molecular weight is 347 g/mol. The lowest BCUT2D eigenvalue weighted by Gasteiger charge is -2.31. The lowest BCUT2D eigenvalue weighted by atomic mass is 9.99. The van der Waals surface area contributed by atoms with Crippen molar-refractivity contribution in [2.24, 2.45) is 13.0 Å². The van der Waals surface area contributed by atoms with Crippen molar-refractivity contribution in [1.29, 1.82) is 0 Å². The highest BCUT2D eigenvalue weighted by molar-refractivity contribution is 7.99. The third-order valence-electron chi connectivity index (χ3n) is 4.50. The van der Waals surface area contributed by atoms with Crippen LogP contribution in [0.3, 0.4) is 0 Å². The Morgan fingerprint density at radius 3 is 2.83 bits per heavy atom. The van der Waals surface area contributed by atoms with Gasteiger partial charge in [-0.15, -0.1) is 10.2 Å². The molecule has 3 heterocycles. The molecule has 7 heteroatoms. The van der Waals surface area contributed by atoms with Crippen molar-refractivity contribution in [3.05, 3.63) is 24.5 Å². The Balaban J connectivity index is 1.52. The van der Waals surface area contributed by atoms with Crippen LogP contribution in [0, 0.1) is 5.92 Å². The van der Waals surface area contributed by atoms with Gasteiger partial charge in [0.25, 0.3) is 0 Å². The first-order chi connectivity index (χ1) is 11.6. The predicted octanol–water partition coefficient (Wildman–Crippen LogP) is 2.06. The van der Waals surface area contributed by atoms with Crippen molar-refractivity contribution in [2.45, 2.75) is 31.0 Å². The molecule has 0 amide bonds. The van der Waals surface area contributed by atoms with Crippen LogP contribution in [-0.4, -0.2) is 61.2 Å². The standard InChI is InChI=1S/C17H25N5OS/c1-13-5-8-22(9-6-13)11-15(23)12-24-17-20-19-16(21(17)2)14-4-3-7-18-10-14/h3-4,7,10,13,15,23H,5-6,8-9,11-12H2,1-2H3. The number of aliphatic hydroxyl groups is 1. The van der Waals surface area contributed by atoms with E-state index in [9.17, 15) is 5.11 Å². The van der Waals surface area contributed by atoms with Crippen LogP contribution in [-0.2, 0) is 7.05 Å². The van der Waals surface area contributed by atoms with Gasteiger partial charge in [-0.3, -0.25) is 4.98 Å². The van der Waals surface area contributed by atoms with Crippen molar-refractivity contribution in [1.82, 2.24) is 24.6 Å². The van der Waals surface area contributed by atoms with Crippen molar-refractivity contribution < 1.29 is 5.11 Å². The summed E-state index contributed by atoms with van der Waals surface area (Å²) in [6, 6.07) is 3.86. The first-order valence-corrected chi connectivity index (χ1v) is 9.45. The fourth-order valence-corrected chi connectivity index (χ4v) is 3.78. The average Bonchev–Trinajstić information content (AvgIpc) is 2.97. The summed E-state index contributed by atoms with van der Waals surface area (Å²) >= 11 is 1.55.